The quantitative estimate of drug-likeness (QED) is 0.904. The van der Waals surface area contributed by atoms with Gasteiger partial charge in [-0.1, -0.05) is 35.0 Å². The molecule has 2 N–H and O–H groups in total. The molecule has 2 nitrogen and oxygen atoms in total. The van der Waals surface area contributed by atoms with E-state index in [2.05, 4.69) is 52.0 Å². The van der Waals surface area contributed by atoms with Gasteiger partial charge in [-0.25, -0.2) is 0 Å². The second-order valence-corrected chi connectivity index (χ2v) is 5.71. The van der Waals surface area contributed by atoms with E-state index in [-0.39, 0.29) is 0 Å². The maximum absolute atomic E-state index is 6.10. The summed E-state index contributed by atoms with van der Waals surface area (Å²) in [5, 5.41) is 0. The van der Waals surface area contributed by atoms with Crippen LogP contribution >= 0.6 is 15.9 Å². The first-order valence-electron chi connectivity index (χ1n) is 5.87. The van der Waals surface area contributed by atoms with Crippen LogP contribution < -0.4 is 5.73 Å². The largest absolute Gasteiger partial charge is 0.326 e. The van der Waals surface area contributed by atoms with Crippen LogP contribution in [-0.4, -0.2) is 24.0 Å². The molecule has 2 unspecified atom stereocenters. The Kier molecular flexibility index (Phi) is 4.00. The maximum atomic E-state index is 6.10. The number of benzene rings is 1. The summed E-state index contributed by atoms with van der Waals surface area (Å²) in [6, 6.07) is 8.85. The van der Waals surface area contributed by atoms with Gasteiger partial charge in [-0.2, -0.15) is 0 Å². The molecule has 0 aromatic heterocycles. The van der Waals surface area contributed by atoms with Gasteiger partial charge in [0.1, 0.15) is 0 Å². The molecule has 88 valence electrons. The van der Waals surface area contributed by atoms with E-state index in [4.69, 9.17) is 5.73 Å². The average molecular weight is 283 g/mol. The van der Waals surface area contributed by atoms with Crippen LogP contribution in [-0.2, 0) is 6.54 Å². The lowest BCUT2D eigenvalue weighted by Gasteiger charge is -2.35. The summed E-state index contributed by atoms with van der Waals surface area (Å²) in [6.45, 7) is 5.45. The molecule has 1 aliphatic heterocycles. The maximum Gasteiger partial charge on any atom is 0.0234 e. The van der Waals surface area contributed by atoms with Crippen molar-refractivity contribution in [1.82, 2.24) is 4.90 Å². The van der Waals surface area contributed by atoms with Crippen molar-refractivity contribution in [2.24, 2.45) is 11.7 Å². The Bertz CT molecular complexity index is 354. The van der Waals surface area contributed by atoms with E-state index in [1.807, 2.05) is 0 Å². The summed E-state index contributed by atoms with van der Waals surface area (Å²) in [7, 11) is 0. The van der Waals surface area contributed by atoms with Crippen molar-refractivity contribution in [3.63, 3.8) is 0 Å². The molecule has 0 saturated carbocycles. The summed E-state index contributed by atoms with van der Waals surface area (Å²) in [5.74, 6) is 0.666. The Morgan fingerprint density at radius 3 is 3.00 bits per heavy atom. The number of likely N-dealkylation sites (tertiary alicyclic amines) is 1. The van der Waals surface area contributed by atoms with E-state index >= 15 is 0 Å². The van der Waals surface area contributed by atoms with Gasteiger partial charge in [0, 0.05) is 23.6 Å². The molecule has 0 amide bonds. The molecule has 0 radical (unpaired) electrons. The van der Waals surface area contributed by atoms with E-state index < -0.39 is 0 Å². The van der Waals surface area contributed by atoms with E-state index in [0.29, 0.717) is 12.0 Å². The van der Waals surface area contributed by atoms with Gasteiger partial charge in [0.2, 0.25) is 0 Å². The van der Waals surface area contributed by atoms with Gasteiger partial charge >= 0.3 is 0 Å². The molecule has 0 spiro atoms. The molecule has 3 heteroatoms. The standard InChI is InChI=1S/C13H19BrN2/c1-10-5-6-16(9-13(10)15)8-11-3-2-4-12(14)7-11/h2-4,7,10,13H,5-6,8-9,15H2,1H3. The van der Waals surface area contributed by atoms with Crippen LogP contribution in [0.25, 0.3) is 0 Å². The molecule has 2 atom stereocenters. The third kappa shape index (κ3) is 3.06. The zero-order valence-corrected chi connectivity index (χ0v) is 11.3. The normalized spacial score (nSPS) is 26.9. The summed E-state index contributed by atoms with van der Waals surface area (Å²) < 4.78 is 1.15. The number of hydrogen-bond donors (Lipinski definition) is 1. The number of rotatable bonds is 2. The van der Waals surface area contributed by atoms with Crippen LogP contribution in [0.1, 0.15) is 18.9 Å². The monoisotopic (exact) mass is 282 g/mol. The molecular weight excluding hydrogens is 264 g/mol. The molecule has 1 aromatic carbocycles. The molecule has 1 heterocycles. The molecule has 0 aliphatic carbocycles. The van der Waals surface area contributed by atoms with Crippen molar-refractivity contribution < 1.29 is 0 Å². The highest BCUT2D eigenvalue weighted by molar-refractivity contribution is 9.10. The number of nitrogens with two attached hydrogens (primary N) is 1. The highest BCUT2D eigenvalue weighted by atomic mass is 79.9. The van der Waals surface area contributed by atoms with Crippen molar-refractivity contribution in [1.29, 1.82) is 0 Å². The number of halogens is 1. The Balaban J connectivity index is 1.95. The first kappa shape index (κ1) is 12.1. The van der Waals surface area contributed by atoms with Crippen molar-refractivity contribution in [3.05, 3.63) is 34.3 Å². The van der Waals surface area contributed by atoms with Gasteiger partial charge in [-0.15, -0.1) is 0 Å². The summed E-state index contributed by atoms with van der Waals surface area (Å²) in [5.41, 5.74) is 7.46. The second kappa shape index (κ2) is 5.30. The summed E-state index contributed by atoms with van der Waals surface area (Å²) in [6.07, 6.45) is 1.22. The first-order valence-corrected chi connectivity index (χ1v) is 6.67. The van der Waals surface area contributed by atoms with Crippen molar-refractivity contribution >= 4 is 15.9 Å². The van der Waals surface area contributed by atoms with Gasteiger partial charge < -0.3 is 5.73 Å². The van der Waals surface area contributed by atoms with Gasteiger partial charge in [-0.3, -0.25) is 4.90 Å². The minimum atomic E-state index is 0.334. The van der Waals surface area contributed by atoms with Gasteiger partial charge in [0.05, 0.1) is 0 Å². The Morgan fingerprint density at radius 2 is 2.31 bits per heavy atom. The molecule has 16 heavy (non-hydrogen) atoms. The van der Waals surface area contributed by atoms with E-state index in [9.17, 15) is 0 Å². The van der Waals surface area contributed by atoms with Crippen molar-refractivity contribution in [2.45, 2.75) is 25.9 Å². The summed E-state index contributed by atoms with van der Waals surface area (Å²) >= 11 is 3.51. The average Bonchev–Trinajstić information content (AvgIpc) is 2.24. The predicted octanol–water partition coefficient (Wildman–Crippen LogP) is 2.62. The highest BCUT2D eigenvalue weighted by Gasteiger charge is 2.22. The minimum Gasteiger partial charge on any atom is -0.326 e. The van der Waals surface area contributed by atoms with E-state index in [1.165, 1.54) is 18.5 Å². The molecule has 1 aliphatic rings. The number of hydrogen-bond acceptors (Lipinski definition) is 2. The Morgan fingerprint density at radius 1 is 1.50 bits per heavy atom. The van der Waals surface area contributed by atoms with Crippen molar-refractivity contribution in [2.75, 3.05) is 13.1 Å². The van der Waals surface area contributed by atoms with Gasteiger partial charge in [-0.05, 0) is 36.6 Å². The third-order valence-electron chi connectivity index (χ3n) is 3.40. The Hall–Kier alpha value is -0.380. The lowest BCUT2D eigenvalue weighted by Crippen LogP contribution is -2.47. The van der Waals surface area contributed by atoms with Crippen molar-refractivity contribution in [3.8, 4) is 0 Å². The number of nitrogens with zero attached hydrogens (tertiary/aromatic N) is 1. The molecule has 2 rings (SSSR count). The fraction of sp³-hybridized carbons (Fsp3) is 0.538. The molecular formula is C13H19BrN2. The smallest absolute Gasteiger partial charge is 0.0234 e. The van der Waals surface area contributed by atoms with Crippen LogP contribution in [0.5, 0.6) is 0 Å². The fourth-order valence-corrected chi connectivity index (χ4v) is 2.65. The lowest BCUT2D eigenvalue weighted by molar-refractivity contribution is 0.162. The van der Waals surface area contributed by atoms with Crippen LogP contribution in [0.2, 0.25) is 0 Å². The summed E-state index contributed by atoms with van der Waals surface area (Å²) in [4.78, 5) is 2.45. The molecule has 1 fully saturated rings. The highest BCUT2D eigenvalue weighted by Crippen LogP contribution is 2.19. The van der Waals surface area contributed by atoms with Crippen LogP contribution in [0.3, 0.4) is 0 Å². The fourth-order valence-electron chi connectivity index (χ4n) is 2.21. The van der Waals surface area contributed by atoms with Crippen LogP contribution in [0, 0.1) is 5.92 Å². The molecule has 1 aromatic rings. The van der Waals surface area contributed by atoms with Gasteiger partial charge in [0.15, 0.2) is 0 Å². The third-order valence-corrected chi connectivity index (χ3v) is 3.89. The van der Waals surface area contributed by atoms with Gasteiger partial charge in [0.25, 0.3) is 0 Å². The first-order chi connectivity index (χ1) is 7.65. The zero-order chi connectivity index (χ0) is 11.5. The van der Waals surface area contributed by atoms with E-state index in [1.54, 1.807) is 0 Å². The van der Waals surface area contributed by atoms with E-state index in [0.717, 1.165) is 17.6 Å². The van der Waals surface area contributed by atoms with Crippen LogP contribution in [0.15, 0.2) is 28.7 Å². The van der Waals surface area contributed by atoms with Crippen LogP contribution in [0.4, 0.5) is 0 Å². The Labute approximate surface area is 106 Å². The minimum absolute atomic E-state index is 0.334. The SMILES string of the molecule is CC1CCN(Cc2cccc(Br)c2)CC1N. The topological polar surface area (TPSA) is 29.3 Å². The molecule has 0 bridgehead atoms. The second-order valence-electron chi connectivity index (χ2n) is 4.79. The predicted molar refractivity (Wildman–Crippen MR) is 71.2 cm³/mol. The lowest BCUT2D eigenvalue weighted by atomic mass is 9.94. The molecule has 1 saturated heterocycles. The zero-order valence-electron chi connectivity index (χ0n) is 9.70. The number of piperidine rings is 1.